The van der Waals surface area contributed by atoms with Gasteiger partial charge in [-0.05, 0) is 49.9 Å². The van der Waals surface area contributed by atoms with E-state index in [1.807, 2.05) is 12.1 Å². The molecule has 1 aliphatic rings. The highest BCUT2D eigenvalue weighted by Crippen LogP contribution is 2.12. The lowest BCUT2D eigenvalue weighted by molar-refractivity contribution is -0.125. The van der Waals surface area contributed by atoms with Crippen LogP contribution in [0.25, 0.3) is 0 Å². The summed E-state index contributed by atoms with van der Waals surface area (Å²) >= 11 is 0. The van der Waals surface area contributed by atoms with Crippen molar-refractivity contribution in [3.63, 3.8) is 0 Å². The van der Waals surface area contributed by atoms with Gasteiger partial charge in [0.25, 0.3) is 0 Å². The molecular formula is C16H24N2O2. The second kappa shape index (κ2) is 7.90. The van der Waals surface area contributed by atoms with Gasteiger partial charge in [-0.3, -0.25) is 4.79 Å². The van der Waals surface area contributed by atoms with E-state index in [-0.39, 0.29) is 11.8 Å². The Morgan fingerprint density at radius 1 is 1.40 bits per heavy atom. The Labute approximate surface area is 120 Å². The summed E-state index contributed by atoms with van der Waals surface area (Å²) in [4.78, 5) is 11.9. The van der Waals surface area contributed by atoms with Crippen LogP contribution in [0.4, 0.5) is 0 Å². The van der Waals surface area contributed by atoms with Gasteiger partial charge >= 0.3 is 0 Å². The Morgan fingerprint density at radius 2 is 2.20 bits per heavy atom. The topological polar surface area (TPSA) is 50.4 Å². The first-order valence-corrected chi connectivity index (χ1v) is 7.41. The molecule has 4 heteroatoms. The van der Waals surface area contributed by atoms with E-state index in [1.54, 1.807) is 7.11 Å². The lowest BCUT2D eigenvalue weighted by Gasteiger charge is -2.21. The van der Waals surface area contributed by atoms with Gasteiger partial charge in [0, 0.05) is 13.1 Å². The Balaban J connectivity index is 1.64. The molecule has 1 unspecified atom stereocenters. The molecule has 2 rings (SSSR count). The summed E-state index contributed by atoms with van der Waals surface area (Å²) in [6, 6.07) is 8.10. The van der Waals surface area contributed by atoms with Gasteiger partial charge in [0.1, 0.15) is 5.75 Å². The molecule has 1 aromatic rings. The molecule has 0 radical (unpaired) electrons. The third kappa shape index (κ3) is 4.53. The zero-order valence-corrected chi connectivity index (χ0v) is 12.2. The lowest BCUT2D eigenvalue weighted by atomic mass is 9.99. The SMILES string of the molecule is COc1ccc(CCCNC(=O)C2CCCNC2)cc1. The first-order chi connectivity index (χ1) is 9.79. The number of carbonyl (C=O) groups is 1. The molecule has 0 saturated carbocycles. The van der Waals surface area contributed by atoms with Crippen LogP contribution in [0.3, 0.4) is 0 Å². The van der Waals surface area contributed by atoms with Crippen molar-refractivity contribution in [3.8, 4) is 5.75 Å². The number of piperidine rings is 1. The molecule has 0 bridgehead atoms. The summed E-state index contributed by atoms with van der Waals surface area (Å²) in [5.74, 6) is 1.24. The fourth-order valence-corrected chi connectivity index (χ4v) is 2.52. The van der Waals surface area contributed by atoms with Gasteiger partial charge in [0.05, 0.1) is 13.0 Å². The fourth-order valence-electron chi connectivity index (χ4n) is 2.52. The average molecular weight is 276 g/mol. The van der Waals surface area contributed by atoms with E-state index in [0.29, 0.717) is 0 Å². The summed E-state index contributed by atoms with van der Waals surface area (Å²) in [6.07, 6.45) is 4.06. The van der Waals surface area contributed by atoms with Crippen LogP contribution < -0.4 is 15.4 Å². The van der Waals surface area contributed by atoms with Crippen LogP contribution >= 0.6 is 0 Å². The maximum Gasteiger partial charge on any atom is 0.224 e. The number of carbonyl (C=O) groups excluding carboxylic acids is 1. The molecule has 1 aromatic carbocycles. The normalized spacial score (nSPS) is 18.6. The van der Waals surface area contributed by atoms with Gasteiger partial charge in [-0.25, -0.2) is 0 Å². The highest BCUT2D eigenvalue weighted by molar-refractivity contribution is 5.78. The third-order valence-corrected chi connectivity index (χ3v) is 3.77. The number of benzene rings is 1. The van der Waals surface area contributed by atoms with Gasteiger partial charge in [-0.1, -0.05) is 12.1 Å². The minimum atomic E-state index is 0.157. The molecular weight excluding hydrogens is 252 g/mol. The van der Waals surface area contributed by atoms with Crippen molar-refractivity contribution >= 4 is 5.91 Å². The molecule has 1 atom stereocenters. The zero-order chi connectivity index (χ0) is 14.2. The van der Waals surface area contributed by atoms with Crippen molar-refractivity contribution in [2.75, 3.05) is 26.7 Å². The molecule has 110 valence electrons. The van der Waals surface area contributed by atoms with E-state index >= 15 is 0 Å². The van der Waals surface area contributed by atoms with Crippen molar-refractivity contribution in [2.45, 2.75) is 25.7 Å². The highest BCUT2D eigenvalue weighted by atomic mass is 16.5. The number of aryl methyl sites for hydroxylation is 1. The van der Waals surface area contributed by atoms with Gasteiger partial charge in [-0.2, -0.15) is 0 Å². The van der Waals surface area contributed by atoms with E-state index < -0.39 is 0 Å². The Hall–Kier alpha value is -1.55. The second-order valence-corrected chi connectivity index (χ2v) is 5.29. The maximum atomic E-state index is 11.9. The van der Waals surface area contributed by atoms with Crippen molar-refractivity contribution in [1.82, 2.24) is 10.6 Å². The van der Waals surface area contributed by atoms with Crippen LogP contribution in [0.1, 0.15) is 24.8 Å². The van der Waals surface area contributed by atoms with Crippen LogP contribution in [-0.2, 0) is 11.2 Å². The van der Waals surface area contributed by atoms with Crippen LogP contribution in [0, 0.1) is 5.92 Å². The molecule has 1 heterocycles. The predicted molar refractivity (Wildman–Crippen MR) is 79.9 cm³/mol. The quantitative estimate of drug-likeness (QED) is 0.778. The third-order valence-electron chi connectivity index (χ3n) is 3.77. The molecule has 4 nitrogen and oxygen atoms in total. The van der Waals surface area contributed by atoms with E-state index in [9.17, 15) is 4.79 Å². The first-order valence-electron chi connectivity index (χ1n) is 7.41. The summed E-state index contributed by atoms with van der Waals surface area (Å²) in [5, 5.41) is 6.31. The number of amides is 1. The lowest BCUT2D eigenvalue weighted by Crippen LogP contribution is -2.40. The number of nitrogens with one attached hydrogen (secondary N) is 2. The van der Waals surface area contributed by atoms with Crippen LogP contribution in [0.5, 0.6) is 5.75 Å². The van der Waals surface area contributed by atoms with Gasteiger partial charge in [0.2, 0.25) is 5.91 Å². The second-order valence-electron chi connectivity index (χ2n) is 5.29. The number of ether oxygens (including phenoxy) is 1. The minimum absolute atomic E-state index is 0.157. The molecule has 0 spiro atoms. The van der Waals surface area contributed by atoms with E-state index in [4.69, 9.17) is 4.74 Å². The van der Waals surface area contributed by atoms with E-state index in [2.05, 4.69) is 22.8 Å². The highest BCUT2D eigenvalue weighted by Gasteiger charge is 2.19. The smallest absolute Gasteiger partial charge is 0.224 e. The van der Waals surface area contributed by atoms with Crippen molar-refractivity contribution < 1.29 is 9.53 Å². The Morgan fingerprint density at radius 3 is 2.85 bits per heavy atom. The van der Waals surface area contributed by atoms with Crippen molar-refractivity contribution in [2.24, 2.45) is 5.92 Å². The molecule has 1 amide bonds. The molecule has 20 heavy (non-hydrogen) atoms. The van der Waals surface area contributed by atoms with Gasteiger partial charge in [0.15, 0.2) is 0 Å². The maximum absolute atomic E-state index is 11.9. The summed E-state index contributed by atoms with van der Waals surface area (Å²) in [5.41, 5.74) is 1.28. The number of methoxy groups -OCH3 is 1. The van der Waals surface area contributed by atoms with Crippen LogP contribution in [-0.4, -0.2) is 32.7 Å². The molecule has 0 aromatic heterocycles. The minimum Gasteiger partial charge on any atom is -0.497 e. The molecule has 0 aliphatic carbocycles. The summed E-state index contributed by atoms with van der Waals surface area (Å²) in [7, 11) is 1.67. The molecule has 2 N–H and O–H groups in total. The molecule has 1 fully saturated rings. The fraction of sp³-hybridized carbons (Fsp3) is 0.562. The van der Waals surface area contributed by atoms with Gasteiger partial charge < -0.3 is 15.4 Å². The van der Waals surface area contributed by atoms with Gasteiger partial charge in [-0.15, -0.1) is 0 Å². The Bertz CT molecular complexity index is 411. The average Bonchev–Trinajstić information content (AvgIpc) is 2.53. The van der Waals surface area contributed by atoms with Crippen LogP contribution in [0.15, 0.2) is 24.3 Å². The predicted octanol–water partition coefficient (Wildman–Crippen LogP) is 1.74. The number of hydrogen-bond donors (Lipinski definition) is 2. The first kappa shape index (κ1) is 14.9. The summed E-state index contributed by atoms with van der Waals surface area (Å²) in [6.45, 7) is 2.62. The van der Waals surface area contributed by atoms with E-state index in [1.165, 1.54) is 5.56 Å². The number of hydrogen-bond acceptors (Lipinski definition) is 3. The monoisotopic (exact) mass is 276 g/mol. The van der Waals surface area contributed by atoms with Crippen molar-refractivity contribution in [3.05, 3.63) is 29.8 Å². The largest absolute Gasteiger partial charge is 0.497 e. The molecule has 1 saturated heterocycles. The molecule has 1 aliphatic heterocycles. The van der Waals surface area contributed by atoms with E-state index in [0.717, 1.165) is 51.1 Å². The Kier molecular flexibility index (Phi) is 5.87. The van der Waals surface area contributed by atoms with Crippen molar-refractivity contribution in [1.29, 1.82) is 0 Å². The number of rotatable bonds is 6. The summed E-state index contributed by atoms with van der Waals surface area (Å²) < 4.78 is 5.13. The zero-order valence-electron chi connectivity index (χ0n) is 12.2. The van der Waals surface area contributed by atoms with Crippen LogP contribution in [0.2, 0.25) is 0 Å². The standard InChI is InChI=1S/C16H24N2O2/c1-20-15-8-6-13(7-9-15)4-2-11-18-16(19)14-5-3-10-17-12-14/h6-9,14,17H,2-5,10-12H2,1H3,(H,18,19).